The van der Waals surface area contributed by atoms with Crippen LogP contribution in [0.3, 0.4) is 0 Å². The summed E-state index contributed by atoms with van der Waals surface area (Å²) in [6.45, 7) is 3.83. The van der Waals surface area contributed by atoms with Crippen LogP contribution in [-0.4, -0.2) is 22.5 Å². The minimum Gasteiger partial charge on any atom is -0.461 e. The molecule has 1 heterocycles. The minimum atomic E-state index is -0.441. The minimum absolute atomic E-state index is 0.282. The number of nitrogens with one attached hydrogen (secondary N) is 1. The van der Waals surface area contributed by atoms with Crippen molar-refractivity contribution in [3.8, 4) is 0 Å². The highest BCUT2D eigenvalue weighted by molar-refractivity contribution is 5.88. The average Bonchev–Trinajstić information content (AvgIpc) is 2.74. The molecule has 2 aromatic rings. The first-order valence-electron chi connectivity index (χ1n) is 6.07. The Bertz CT molecular complexity index is 576. The van der Waals surface area contributed by atoms with E-state index in [1.165, 1.54) is 12.1 Å². The number of hydrogen-bond donors (Lipinski definition) is 1. The second-order valence-electron chi connectivity index (χ2n) is 4.17. The third-order valence-electron chi connectivity index (χ3n) is 2.66. The lowest BCUT2D eigenvalue weighted by molar-refractivity contribution is 0.0519. The van der Waals surface area contributed by atoms with Gasteiger partial charge in [0.05, 0.1) is 12.3 Å². The van der Waals surface area contributed by atoms with E-state index in [0.29, 0.717) is 30.2 Å². The fourth-order valence-electron chi connectivity index (χ4n) is 1.84. The van der Waals surface area contributed by atoms with E-state index in [0.717, 1.165) is 5.56 Å². The summed E-state index contributed by atoms with van der Waals surface area (Å²) in [4.78, 5) is 18.9. The van der Waals surface area contributed by atoms with Crippen molar-refractivity contribution in [2.45, 2.75) is 20.3 Å². The fourth-order valence-corrected chi connectivity index (χ4v) is 1.84. The first-order valence-corrected chi connectivity index (χ1v) is 6.07. The number of carbonyl (C=O) groups is 1. The van der Waals surface area contributed by atoms with Crippen molar-refractivity contribution in [1.29, 1.82) is 0 Å². The standard InChI is InChI=1S/C14H15FN2O2/c1-3-19-14(18)13-12(16-9(2)17-13)8-10-4-6-11(15)7-5-10/h4-7H,3,8H2,1-2H3,(H,16,17). The summed E-state index contributed by atoms with van der Waals surface area (Å²) in [6.07, 6.45) is 0.481. The Morgan fingerprint density at radius 3 is 2.68 bits per heavy atom. The number of H-pyrrole nitrogens is 1. The molecule has 0 aliphatic carbocycles. The monoisotopic (exact) mass is 262 g/mol. The Morgan fingerprint density at radius 1 is 1.37 bits per heavy atom. The summed E-state index contributed by atoms with van der Waals surface area (Å²) in [5, 5.41) is 0. The maximum absolute atomic E-state index is 12.8. The molecule has 0 saturated carbocycles. The first kappa shape index (κ1) is 13.3. The van der Waals surface area contributed by atoms with Gasteiger partial charge in [0.1, 0.15) is 11.6 Å². The number of ether oxygens (including phenoxy) is 1. The van der Waals surface area contributed by atoms with E-state index in [9.17, 15) is 9.18 Å². The van der Waals surface area contributed by atoms with Gasteiger partial charge >= 0.3 is 5.97 Å². The number of benzene rings is 1. The Balaban J connectivity index is 2.24. The number of rotatable bonds is 4. The topological polar surface area (TPSA) is 55.0 Å². The van der Waals surface area contributed by atoms with Gasteiger partial charge in [0.2, 0.25) is 0 Å². The SMILES string of the molecule is CCOC(=O)c1nc(C)[nH]c1Cc1ccc(F)cc1. The molecule has 0 spiro atoms. The molecule has 0 saturated heterocycles. The Morgan fingerprint density at radius 2 is 2.05 bits per heavy atom. The largest absolute Gasteiger partial charge is 0.461 e. The van der Waals surface area contributed by atoms with E-state index in [-0.39, 0.29) is 5.82 Å². The van der Waals surface area contributed by atoms with Gasteiger partial charge in [-0.25, -0.2) is 14.2 Å². The molecule has 100 valence electrons. The molecule has 0 amide bonds. The molecule has 1 aromatic heterocycles. The molecule has 19 heavy (non-hydrogen) atoms. The second kappa shape index (κ2) is 5.65. The van der Waals surface area contributed by atoms with E-state index in [4.69, 9.17) is 4.74 Å². The summed E-state index contributed by atoms with van der Waals surface area (Å²) in [6, 6.07) is 6.14. The molecule has 5 heteroatoms. The molecule has 1 N–H and O–H groups in total. The van der Waals surface area contributed by atoms with Crippen LogP contribution in [0.5, 0.6) is 0 Å². The van der Waals surface area contributed by atoms with E-state index in [2.05, 4.69) is 9.97 Å². The number of aromatic amines is 1. The number of aromatic nitrogens is 2. The van der Waals surface area contributed by atoms with Crippen molar-refractivity contribution < 1.29 is 13.9 Å². The summed E-state index contributed by atoms with van der Waals surface area (Å²) < 4.78 is 17.8. The highest BCUT2D eigenvalue weighted by atomic mass is 19.1. The van der Waals surface area contributed by atoms with Crippen LogP contribution in [0.15, 0.2) is 24.3 Å². The molecule has 0 radical (unpaired) electrons. The summed E-state index contributed by atoms with van der Waals surface area (Å²) in [5.74, 6) is -0.0701. The predicted molar refractivity (Wildman–Crippen MR) is 68.5 cm³/mol. The van der Waals surface area contributed by atoms with Crippen LogP contribution in [-0.2, 0) is 11.2 Å². The molecule has 0 atom stereocenters. The molecule has 0 aliphatic heterocycles. The second-order valence-corrected chi connectivity index (χ2v) is 4.17. The van der Waals surface area contributed by atoms with Crippen LogP contribution >= 0.6 is 0 Å². The molecule has 0 unspecified atom stereocenters. The normalized spacial score (nSPS) is 10.5. The highest BCUT2D eigenvalue weighted by Gasteiger charge is 2.17. The molecular weight excluding hydrogens is 247 g/mol. The summed E-state index contributed by atoms with van der Waals surface area (Å²) in [7, 11) is 0. The smallest absolute Gasteiger partial charge is 0.358 e. The number of esters is 1. The van der Waals surface area contributed by atoms with Gasteiger partial charge in [-0.05, 0) is 31.5 Å². The maximum atomic E-state index is 12.8. The summed E-state index contributed by atoms with van der Waals surface area (Å²) in [5.41, 5.74) is 1.88. The van der Waals surface area contributed by atoms with E-state index < -0.39 is 5.97 Å². The fraction of sp³-hybridized carbons (Fsp3) is 0.286. The molecule has 0 aliphatic rings. The zero-order valence-corrected chi connectivity index (χ0v) is 10.9. The average molecular weight is 262 g/mol. The number of carbonyl (C=O) groups excluding carboxylic acids is 1. The van der Waals surface area contributed by atoms with E-state index in [1.54, 1.807) is 26.0 Å². The van der Waals surface area contributed by atoms with E-state index in [1.807, 2.05) is 0 Å². The Hall–Kier alpha value is -2.17. The molecule has 2 rings (SSSR count). The van der Waals surface area contributed by atoms with Gasteiger partial charge in [-0.2, -0.15) is 0 Å². The van der Waals surface area contributed by atoms with Gasteiger partial charge in [0.15, 0.2) is 5.69 Å². The van der Waals surface area contributed by atoms with Gasteiger partial charge in [0.25, 0.3) is 0 Å². The highest BCUT2D eigenvalue weighted by Crippen LogP contribution is 2.14. The maximum Gasteiger partial charge on any atom is 0.358 e. The first-order chi connectivity index (χ1) is 9.10. The molecule has 0 bridgehead atoms. The van der Waals surface area contributed by atoms with Crippen LogP contribution in [0.2, 0.25) is 0 Å². The van der Waals surface area contributed by atoms with Crippen molar-refractivity contribution in [3.63, 3.8) is 0 Å². The quantitative estimate of drug-likeness (QED) is 0.862. The number of aryl methyl sites for hydroxylation is 1. The molecule has 1 aromatic carbocycles. The third-order valence-corrected chi connectivity index (χ3v) is 2.66. The van der Waals surface area contributed by atoms with Crippen molar-refractivity contribution in [1.82, 2.24) is 9.97 Å². The van der Waals surface area contributed by atoms with Crippen LogP contribution in [0.25, 0.3) is 0 Å². The lowest BCUT2D eigenvalue weighted by Gasteiger charge is -2.03. The van der Waals surface area contributed by atoms with Crippen LogP contribution < -0.4 is 0 Å². The number of hydrogen-bond acceptors (Lipinski definition) is 3. The third kappa shape index (κ3) is 3.19. The Kier molecular flexibility index (Phi) is 3.94. The van der Waals surface area contributed by atoms with Crippen LogP contribution in [0.1, 0.15) is 34.5 Å². The number of halogens is 1. The van der Waals surface area contributed by atoms with Gasteiger partial charge in [-0.15, -0.1) is 0 Å². The number of imidazole rings is 1. The van der Waals surface area contributed by atoms with Crippen molar-refractivity contribution >= 4 is 5.97 Å². The molecule has 4 nitrogen and oxygen atoms in total. The van der Waals surface area contributed by atoms with Crippen LogP contribution in [0, 0.1) is 12.7 Å². The predicted octanol–water partition coefficient (Wildman–Crippen LogP) is 2.62. The Labute approximate surface area is 110 Å². The summed E-state index contributed by atoms with van der Waals surface area (Å²) >= 11 is 0. The van der Waals surface area contributed by atoms with Crippen LogP contribution in [0.4, 0.5) is 4.39 Å². The molecule has 0 fully saturated rings. The van der Waals surface area contributed by atoms with Crippen molar-refractivity contribution in [3.05, 3.63) is 52.9 Å². The van der Waals surface area contributed by atoms with Gasteiger partial charge in [-0.3, -0.25) is 0 Å². The van der Waals surface area contributed by atoms with Crippen molar-refractivity contribution in [2.75, 3.05) is 6.61 Å². The molecular formula is C14H15FN2O2. The van der Waals surface area contributed by atoms with Gasteiger partial charge in [-0.1, -0.05) is 12.1 Å². The zero-order chi connectivity index (χ0) is 13.8. The van der Waals surface area contributed by atoms with Gasteiger partial charge in [0, 0.05) is 6.42 Å². The zero-order valence-electron chi connectivity index (χ0n) is 10.9. The lowest BCUT2D eigenvalue weighted by Crippen LogP contribution is -2.08. The lowest BCUT2D eigenvalue weighted by atomic mass is 10.1. The number of nitrogens with zero attached hydrogens (tertiary/aromatic N) is 1. The van der Waals surface area contributed by atoms with Crippen molar-refractivity contribution in [2.24, 2.45) is 0 Å². The van der Waals surface area contributed by atoms with E-state index >= 15 is 0 Å². The van der Waals surface area contributed by atoms with Gasteiger partial charge < -0.3 is 9.72 Å².